The minimum Gasteiger partial charge on any atom is -0.480 e. The molecule has 0 amide bonds. The zero-order valence-electron chi connectivity index (χ0n) is 9.40. The third-order valence-electron chi connectivity index (χ3n) is 1.90. The maximum Gasteiger partial charge on any atom is 0.323 e. The predicted octanol–water partition coefficient (Wildman–Crippen LogP) is 0.623. The Morgan fingerprint density at radius 3 is 2.53 bits per heavy atom. The maximum atomic E-state index is 10.5. The Bertz CT molecular complexity index is 353. The lowest BCUT2D eigenvalue weighted by Crippen LogP contribution is -2.26. The number of aromatic nitrogens is 3. The Morgan fingerprint density at radius 2 is 2.13 bits per heavy atom. The minimum absolute atomic E-state index is 0.110. The summed E-state index contributed by atoms with van der Waals surface area (Å²) in [5.74, 6) is 0.247. The van der Waals surface area contributed by atoms with Crippen LogP contribution in [0.2, 0.25) is 0 Å². The van der Waals surface area contributed by atoms with E-state index in [0.717, 1.165) is 5.82 Å². The largest absolute Gasteiger partial charge is 0.480 e. The van der Waals surface area contributed by atoms with Gasteiger partial charge in [-0.05, 0) is 0 Å². The first-order valence-electron chi connectivity index (χ1n) is 4.66. The average Bonchev–Trinajstić information content (AvgIpc) is 2.48. The first-order chi connectivity index (χ1) is 6.80. The second kappa shape index (κ2) is 3.88. The summed E-state index contributed by atoms with van der Waals surface area (Å²) >= 11 is 0. The summed E-state index contributed by atoms with van der Waals surface area (Å²) in [6.07, 6.45) is 0. The third-order valence-corrected chi connectivity index (χ3v) is 1.90. The number of H-pyrrole nitrogens is 1. The molecule has 0 atom stereocenters. The number of rotatable bonds is 3. The first-order valence-corrected chi connectivity index (χ1v) is 4.66. The number of anilines is 1. The fourth-order valence-corrected chi connectivity index (χ4v) is 1.03. The smallest absolute Gasteiger partial charge is 0.323 e. The molecule has 1 heterocycles. The molecule has 0 aliphatic rings. The van der Waals surface area contributed by atoms with Crippen molar-refractivity contribution >= 4 is 11.9 Å². The normalized spacial score (nSPS) is 11.5. The summed E-state index contributed by atoms with van der Waals surface area (Å²) in [5, 5.41) is 15.4. The number of carboxylic acid groups (broad SMARTS) is 1. The lowest BCUT2D eigenvalue weighted by atomic mass is 9.96. The summed E-state index contributed by atoms with van der Waals surface area (Å²) < 4.78 is 0. The summed E-state index contributed by atoms with van der Waals surface area (Å²) in [5.41, 5.74) is -0.116. The van der Waals surface area contributed by atoms with E-state index in [4.69, 9.17) is 5.11 Å². The molecule has 84 valence electrons. The quantitative estimate of drug-likeness (QED) is 0.767. The highest BCUT2D eigenvalue weighted by molar-refractivity contribution is 5.72. The molecule has 1 aromatic heterocycles. The number of carbonyl (C=O) groups is 1. The monoisotopic (exact) mass is 212 g/mol. The zero-order valence-corrected chi connectivity index (χ0v) is 9.40. The highest BCUT2D eigenvalue weighted by Crippen LogP contribution is 2.19. The Labute approximate surface area is 88.3 Å². The molecule has 0 radical (unpaired) electrons. The van der Waals surface area contributed by atoms with E-state index >= 15 is 0 Å². The number of aliphatic carboxylic acids is 1. The maximum absolute atomic E-state index is 10.5. The van der Waals surface area contributed by atoms with Gasteiger partial charge >= 0.3 is 5.97 Å². The van der Waals surface area contributed by atoms with Crippen LogP contribution >= 0.6 is 0 Å². The summed E-state index contributed by atoms with van der Waals surface area (Å²) in [4.78, 5) is 16.2. The van der Waals surface area contributed by atoms with E-state index in [1.165, 1.54) is 4.90 Å². The molecule has 6 heteroatoms. The number of hydrogen-bond donors (Lipinski definition) is 2. The van der Waals surface area contributed by atoms with Crippen LogP contribution in [0.4, 0.5) is 5.95 Å². The van der Waals surface area contributed by atoms with E-state index in [0.29, 0.717) is 5.95 Å². The average molecular weight is 212 g/mol. The zero-order chi connectivity index (χ0) is 11.6. The first kappa shape index (κ1) is 11.5. The van der Waals surface area contributed by atoms with Gasteiger partial charge in [0.05, 0.1) is 0 Å². The van der Waals surface area contributed by atoms with Crippen LogP contribution < -0.4 is 4.90 Å². The van der Waals surface area contributed by atoms with Crippen molar-refractivity contribution < 1.29 is 9.90 Å². The number of nitrogens with one attached hydrogen (secondary N) is 1. The van der Waals surface area contributed by atoms with Gasteiger partial charge in [-0.2, -0.15) is 4.98 Å². The second-order valence-corrected chi connectivity index (χ2v) is 4.48. The third kappa shape index (κ3) is 2.93. The Balaban J connectivity index is 2.80. The van der Waals surface area contributed by atoms with Crippen LogP contribution in [0.5, 0.6) is 0 Å². The number of carboxylic acids is 1. The highest BCUT2D eigenvalue weighted by atomic mass is 16.4. The molecule has 15 heavy (non-hydrogen) atoms. The van der Waals surface area contributed by atoms with Crippen LogP contribution in [-0.2, 0) is 10.2 Å². The van der Waals surface area contributed by atoms with Gasteiger partial charge in [-0.1, -0.05) is 20.8 Å². The van der Waals surface area contributed by atoms with Crippen molar-refractivity contribution in [1.82, 2.24) is 15.2 Å². The van der Waals surface area contributed by atoms with Gasteiger partial charge in [0, 0.05) is 12.5 Å². The van der Waals surface area contributed by atoms with Crippen LogP contribution in [-0.4, -0.2) is 39.8 Å². The van der Waals surface area contributed by atoms with E-state index in [-0.39, 0.29) is 12.0 Å². The lowest BCUT2D eigenvalue weighted by Gasteiger charge is -2.14. The lowest BCUT2D eigenvalue weighted by molar-refractivity contribution is -0.135. The number of nitrogens with zero attached hydrogens (tertiary/aromatic N) is 3. The number of likely N-dealkylation sites (N-methyl/N-ethyl adjacent to an activating group) is 1. The van der Waals surface area contributed by atoms with Crippen molar-refractivity contribution in [1.29, 1.82) is 0 Å². The molecule has 6 nitrogen and oxygen atoms in total. The number of aromatic amines is 1. The Kier molecular flexibility index (Phi) is 2.97. The molecule has 0 aliphatic carbocycles. The molecule has 0 aromatic carbocycles. The van der Waals surface area contributed by atoms with E-state index in [1.807, 2.05) is 20.8 Å². The van der Waals surface area contributed by atoms with Gasteiger partial charge in [-0.25, -0.2) is 0 Å². The predicted molar refractivity (Wildman–Crippen MR) is 56.0 cm³/mol. The van der Waals surface area contributed by atoms with Crippen LogP contribution in [0.15, 0.2) is 0 Å². The molecule has 0 aliphatic heterocycles. The molecule has 0 bridgehead atoms. The fraction of sp³-hybridized carbons (Fsp3) is 0.667. The molecule has 2 N–H and O–H groups in total. The molecule has 0 unspecified atom stereocenters. The summed E-state index contributed by atoms with van der Waals surface area (Å²) in [7, 11) is 1.64. The van der Waals surface area contributed by atoms with Gasteiger partial charge in [-0.15, -0.1) is 5.10 Å². The van der Waals surface area contributed by atoms with Crippen LogP contribution in [0.3, 0.4) is 0 Å². The topological polar surface area (TPSA) is 82.1 Å². The molecule has 1 aromatic rings. The highest BCUT2D eigenvalue weighted by Gasteiger charge is 2.20. The fourth-order valence-electron chi connectivity index (χ4n) is 1.03. The Hall–Kier alpha value is -1.59. The van der Waals surface area contributed by atoms with Crippen molar-refractivity contribution in [3.8, 4) is 0 Å². The summed E-state index contributed by atoms with van der Waals surface area (Å²) in [6, 6.07) is 0. The molecular weight excluding hydrogens is 196 g/mol. The standard InChI is InChI=1S/C9H16N4O2/c1-9(2,3)7-10-8(12-11-7)13(4)5-6(14)15/h5H2,1-4H3,(H,14,15)(H,10,11,12). The molecule has 0 spiro atoms. The van der Waals surface area contributed by atoms with E-state index < -0.39 is 5.97 Å². The number of hydrogen-bond acceptors (Lipinski definition) is 4. The van der Waals surface area contributed by atoms with Gasteiger partial charge < -0.3 is 10.0 Å². The van der Waals surface area contributed by atoms with Crippen molar-refractivity contribution in [2.75, 3.05) is 18.5 Å². The van der Waals surface area contributed by atoms with Gasteiger partial charge in [0.2, 0.25) is 5.95 Å². The van der Waals surface area contributed by atoms with E-state index in [1.54, 1.807) is 7.05 Å². The second-order valence-electron chi connectivity index (χ2n) is 4.48. The SMILES string of the molecule is CN(CC(=O)O)c1n[nH]c(C(C)(C)C)n1. The van der Waals surface area contributed by atoms with Crippen LogP contribution in [0, 0.1) is 0 Å². The summed E-state index contributed by atoms with van der Waals surface area (Å²) in [6.45, 7) is 5.92. The van der Waals surface area contributed by atoms with E-state index in [2.05, 4.69) is 15.2 Å². The van der Waals surface area contributed by atoms with Gasteiger partial charge in [0.25, 0.3) is 0 Å². The van der Waals surface area contributed by atoms with E-state index in [9.17, 15) is 4.79 Å². The molecule has 1 rings (SSSR count). The molecule has 0 saturated carbocycles. The van der Waals surface area contributed by atoms with Crippen LogP contribution in [0.25, 0.3) is 0 Å². The molecular formula is C9H16N4O2. The van der Waals surface area contributed by atoms with Crippen molar-refractivity contribution in [2.24, 2.45) is 0 Å². The van der Waals surface area contributed by atoms with Crippen LogP contribution in [0.1, 0.15) is 26.6 Å². The van der Waals surface area contributed by atoms with Gasteiger partial charge in [-0.3, -0.25) is 9.89 Å². The van der Waals surface area contributed by atoms with Crippen molar-refractivity contribution in [3.63, 3.8) is 0 Å². The minimum atomic E-state index is -0.903. The molecule has 0 saturated heterocycles. The van der Waals surface area contributed by atoms with Gasteiger partial charge in [0.1, 0.15) is 12.4 Å². The Morgan fingerprint density at radius 1 is 1.53 bits per heavy atom. The van der Waals surface area contributed by atoms with Crippen molar-refractivity contribution in [2.45, 2.75) is 26.2 Å². The van der Waals surface area contributed by atoms with Crippen molar-refractivity contribution in [3.05, 3.63) is 5.82 Å². The van der Waals surface area contributed by atoms with Gasteiger partial charge in [0.15, 0.2) is 0 Å². The molecule has 0 fully saturated rings.